The van der Waals surface area contributed by atoms with Crippen LogP contribution in [-0.4, -0.2) is 57.5 Å². The van der Waals surface area contributed by atoms with Crippen LogP contribution in [0.25, 0.3) is 11.3 Å². The Morgan fingerprint density at radius 1 is 1.09 bits per heavy atom. The predicted octanol–water partition coefficient (Wildman–Crippen LogP) is 3.02. The fourth-order valence-electron chi connectivity index (χ4n) is 4.72. The number of anilines is 1. The lowest BCUT2D eigenvalue weighted by atomic mass is 9.90. The van der Waals surface area contributed by atoms with Gasteiger partial charge in [0.1, 0.15) is 18.0 Å². The molecule has 35 heavy (non-hydrogen) atoms. The number of urea groups is 1. The zero-order valence-corrected chi connectivity index (χ0v) is 19.4. The number of benzene rings is 2. The summed E-state index contributed by atoms with van der Waals surface area (Å²) in [7, 11) is 1.34. The zero-order valence-electron chi connectivity index (χ0n) is 18.7. The highest BCUT2D eigenvalue weighted by Gasteiger charge is 2.67. The van der Waals surface area contributed by atoms with Crippen molar-refractivity contribution in [1.82, 2.24) is 15.0 Å². The number of imide groups is 1. The first-order valence-corrected chi connectivity index (χ1v) is 11.0. The van der Waals surface area contributed by atoms with E-state index in [1.54, 1.807) is 6.92 Å². The number of likely N-dealkylation sites (N-methyl/N-ethyl adjacent to an activating group) is 1. The van der Waals surface area contributed by atoms with Gasteiger partial charge in [0.15, 0.2) is 0 Å². The maximum Gasteiger partial charge on any atom is 0.328 e. The van der Waals surface area contributed by atoms with E-state index in [2.05, 4.69) is 5.16 Å². The number of nitrogens with zero attached hydrogens (tertiary/aromatic N) is 4. The van der Waals surface area contributed by atoms with Gasteiger partial charge in [-0.2, -0.15) is 0 Å². The van der Waals surface area contributed by atoms with E-state index >= 15 is 0 Å². The molecule has 3 heterocycles. The Morgan fingerprint density at radius 2 is 1.77 bits per heavy atom. The number of hydrogen-bond acceptors (Lipinski definition) is 6. The molecule has 0 unspecified atom stereocenters. The van der Waals surface area contributed by atoms with Gasteiger partial charge in [-0.05, 0) is 25.1 Å². The molecule has 0 radical (unpaired) electrons. The Morgan fingerprint density at radius 3 is 2.46 bits per heavy atom. The second-order valence-corrected chi connectivity index (χ2v) is 8.76. The van der Waals surface area contributed by atoms with Crippen molar-refractivity contribution in [3.63, 3.8) is 0 Å². The highest BCUT2D eigenvalue weighted by atomic mass is 35.5. The van der Waals surface area contributed by atoms with Crippen LogP contribution in [0.4, 0.5) is 10.5 Å². The molecule has 1 aromatic heterocycles. The van der Waals surface area contributed by atoms with Crippen molar-refractivity contribution in [1.29, 1.82) is 0 Å². The molecule has 0 bridgehead atoms. The smallest absolute Gasteiger partial charge is 0.328 e. The minimum atomic E-state index is -2.06. The van der Waals surface area contributed by atoms with Crippen molar-refractivity contribution < 1.29 is 28.8 Å². The standard InChI is InChI=1S/C24H19ClN4O6/c1-13-16(20(26-35-13)14-6-4-3-5-7-14)11-29-22(33)24(27(2)23(29)34)17-10-15(25)8-9-18(17)28(21(24)32)12-19(30)31/h3-10H,11-12H2,1-2H3,(H,30,31)/t24-/m0/s1. The van der Waals surface area contributed by atoms with Crippen molar-refractivity contribution in [3.8, 4) is 11.3 Å². The number of aliphatic carboxylic acids is 1. The molecular weight excluding hydrogens is 476 g/mol. The zero-order chi connectivity index (χ0) is 25.1. The summed E-state index contributed by atoms with van der Waals surface area (Å²) < 4.78 is 5.36. The largest absolute Gasteiger partial charge is 0.480 e. The molecule has 1 spiro atoms. The molecule has 3 aromatic rings. The van der Waals surface area contributed by atoms with Crippen LogP contribution in [-0.2, 0) is 26.5 Å². The Kier molecular flexibility index (Phi) is 5.13. The number of carboxylic acids is 1. The summed E-state index contributed by atoms with van der Waals surface area (Å²) in [5, 5.41) is 13.7. The molecule has 0 saturated carbocycles. The average molecular weight is 495 g/mol. The molecule has 2 aromatic carbocycles. The van der Waals surface area contributed by atoms with Crippen LogP contribution in [0.1, 0.15) is 16.9 Å². The third-order valence-corrected chi connectivity index (χ3v) is 6.65. The van der Waals surface area contributed by atoms with Gasteiger partial charge in [-0.1, -0.05) is 47.1 Å². The first kappa shape index (κ1) is 22.6. The lowest BCUT2D eigenvalue weighted by molar-refractivity contribution is -0.143. The monoisotopic (exact) mass is 494 g/mol. The number of amides is 4. The molecule has 2 aliphatic rings. The number of carbonyl (C=O) groups is 4. The normalized spacial score (nSPS) is 19.3. The van der Waals surface area contributed by atoms with Gasteiger partial charge in [-0.25, -0.2) is 4.79 Å². The SMILES string of the molecule is Cc1onc(-c2ccccc2)c1CN1C(=O)N(C)[C@]2(C1=O)C(=O)N(CC(=O)O)c1ccc(Cl)cc12. The number of rotatable bonds is 5. The number of fused-ring (bicyclic) bond motifs is 2. The Labute approximate surface area is 204 Å². The fourth-order valence-corrected chi connectivity index (χ4v) is 4.90. The molecule has 10 nitrogen and oxygen atoms in total. The number of carbonyl (C=O) groups excluding carboxylic acids is 3. The van der Waals surface area contributed by atoms with Crippen LogP contribution in [0.15, 0.2) is 53.1 Å². The third-order valence-electron chi connectivity index (χ3n) is 6.41. The van der Waals surface area contributed by atoms with Crippen molar-refractivity contribution >= 4 is 41.1 Å². The average Bonchev–Trinajstić information content (AvgIpc) is 3.37. The van der Waals surface area contributed by atoms with Gasteiger partial charge in [-0.3, -0.25) is 24.2 Å². The fraction of sp³-hybridized carbons (Fsp3) is 0.208. The summed E-state index contributed by atoms with van der Waals surface area (Å²) in [4.78, 5) is 55.4. The molecule has 1 fully saturated rings. The highest BCUT2D eigenvalue weighted by molar-refractivity contribution is 6.32. The number of carboxylic acid groups (broad SMARTS) is 1. The van der Waals surface area contributed by atoms with Crippen LogP contribution >= 0.6 is 11.6 Å². The first-order chi connectivity index (χ1) is 16.7. The van der Waals surface area contributed by atoms with Gasteiger partial charge < -0.3 is 14.5 Å². The quantitative estimate of drug-likeness (QED) is 0.427. The number of hydrogen-bond donors (Lipinski definition) is 1. The number of aromatic nitrogens is 1. The van der Waals surface area contributed by atoms with E-state index in [0.29, 0.717) is 17.0 Å². The van der Waals surface area contributed by atoms with E-state index in [-0.39, 0.29) is 22.8 Å². The van der Waals surface area contributed by atoms with E-state index in [9.17, 15) is 24.3 Å². The van der Waals surface area contributed by atoms with Crippen LogP contribution in [0.2, 0.25) is 5.02 Å². The van der Waals surface area contributed by atoms with Crippen molar-refractivity contribution in [2.45, 2.75) is 19.0 Å². The second-order valence-electron chi connectivity index (χ2n) is 8.32. The predicted molar refractivity (Wildman–Crippen MR) is 124 cm³/mol. The molecule has 5 rings (SSSR count). The maximum atomic E-state index is 13.9. The van der Waals surface area contributed by atoms with Crippen molar-refractivity contribution in [3.05, 3.63) is 70.4 Å². The van der Waals surface area contributed by atoms with E-state index < -0.39 is 35.9 Å². The molecule has 11 heteroatoms. The summed E-state index contributed by atoms with van der Waals surface area (Å²) >= 11 is 6.18. The summed E-state index contributed by atoms with van der Waals surface area (Å²) in [6.45, 7) is 0.808. The summed E-state index contributed by atoms with van der Waals surface area (Å²) in [6, 6.07) is 12.8. The highest BCUT2D eigenvalue weighted by Crippen LogP contribution is 2.49. The van der Waals surface area contributed by atoms with E-state index in [4.69, 9.17) is 16.1 Å². The van der Waals surface area contributed by atoms with Crippen LogP contribution < -0.4 is 4.90 Å². The minimum absolute atomic E-state index is 0.157. The lowest BCUT2D eigenvalue weighted by Gasteiger charge is -2.27. The van der Waals surface area contributed by atoms with E-state index in [0.717, 1.165) is 20.3 Å². The summed E-state index contributed by atoms with van der Waals surface area (Å²) in [5.41, 5.74) is 0.0320. The molecule has 2 aliphatic heterocycles. The Bertz CT molecular complexity index is 1400. The molecule has 178 valence electrons. The number of aryl methyl sites for hydroxylation is 1. The van der Waals surface area contributed by atoms with Gasteiger partial charge in [0.25, 0.3) is 11.8 Å². The van der Waals surface area contributed by atoms with E-state index in [1.807, 2.05) is 30.3 Å². The van der Waals surface area contributed by atoms with Crippen molar-refractivity contribution in [2.75, 3.05) is 18.5 Å². The van der Waals surface area contributed by atoms with Crippen LogP contribution in [0.3, 0.4) is 0 Å². The van der Waals surface area contributed by atoms with Gasteiger partial charge in [0, 0.05) is 28.8 Å². The lowest BCUT2D eigenvalue weighted by Crippen LogP contribution is -2.53. The molecule has 1 saturated heterocycles. The summed E-state index contributed by atoms with van der Waals surface area (Å²) in [6.07, 6.45) is 0. The topological polar surface area (TPSA) is 124 Å². The number of halogens is 1. The van der Waals surface area contributed by atoms with E-state index in [1.165, 1.54) is 25.2 Å². The van der Waals surface area contributed by atoms with Crippen LogP contribution in [0, 0.1) is 6.92 Å². The third kappa shape index (κ3) is 3.13. The van der Waals surface area contributed by atoms with Gasteiger partial charge in [0.2, 0.25) is 5.54 Å². The molecule has 4 amide bonds. The molecule has 1 atom stereocenters. The van der Waals surface area contributed by atoms with Gasteiger partial charge in [-0.15, -0.1) is 0 Å². The Balaban J connectivity index is 1.61. The van der Waals surface area contributed by atoms with Gasteiger partial charge >= 0.3 is 12.0 Å². The first-order valence-electron chi connectivity index (χ1n) is 10.6. The van der Waals surface area contributed by atoms with Crippen molar-refractivity contribution in [2.24, 2.45) is 0 Å². The molecule has 1 N–H and O–H groups in total. The molecule has 0 aliphatic carbocycles. The van der Waals surface area contributed by atoms with Gasteiger partial charge in [0.05, 0.1) is 12.2 Å². The van der Waals surface area contributed by atoms with Crippen LogP contribution in [0.5, 0.6) is 0 Å². The summed E-state index contributed by atoms with van der Waals surface area (Å²) in [5.74, 6) is -2.47. The minimum Gasteiger partial charge on any atom is -0.480 e. The maximum absolute atomic E-state index is 13.9. The second kappa shape index (κ2) is 7.95. The Hall–Kier alpha value is -4.18. The molecular formula is C24H19ClN4O6.